The van der Waals surface area contributed by atoms with Gasteiger partial charge in [-0.25, -0.2) is 4.79 Å². The maximum atomic E-state index is 11.4. The molecule has 0 N–H and O–H groups in total. The molecule has 0 radical (unpaired) electrons. The fourth-order valence-corrected chi connectivity index (χ4v) is 5.04. The monoisotopic (exact) mass is 466 g/mol. The topological polar surface area (TPSA) is 51.7 Å². The molecule has 2 aromatic rings. The maximum Gasteiger partial charge on any atom is 0.330 e. The van der Waals surface area contributed by atoms with Gasteiger partial charge in [0.15, 0.2) is 8.32 Å². The minimum absolute atomic E-state index is 0.201. The minimum Gasteiger partial charge on any atom is -0.466 e. The molecule has 178 valence electrons. The smallest absolute Gasteiger partial charge is 0.330 e. The van der Waals surface area contributed by atoms with Gasteiger partial charge in [-0.1, -0.05) is 45.0 Å². The normalized spacial score (nSPS) is 16.4. The molecule has 1 aromatic heterocycles. The number of ether oxygens (including phenoxy) is 1. The number of nitrogens with zero attached hydrogens (tertiary/aromatic N) is 2. The van der Waals surface area contributed by atoms with E-state index in [2.05, 4.69) is 74.1 Å². The number of pyridine rings is 1. The fraction of sp³-hybridized carbons (Fsp3) is 0.481. The summed E-state index contributed by atoms with van der Waals surface area (Å²) in [6.45, 7) is 13.9. The number of hydrogen-bond acceptors (Lipinski definition) is 5. The molecule has 0 saturated heterocycles. The van der Waals surface area contributed by atoms with Gasteiger partial charge in [-0.05, 0) is 65.9 Å². The third kappa shape index (κ3) is 6.62. The molecule has 0 saturated carbocycles. The first kappa shape index (κ1) is 25.3. The molecule has 1 aliphatic carbocycles. The van der Waals surface area contributed by atoms with Gasteiger partial charge in [0.05, 0.1) is 12.8 Å². The molecule has 1 aromatic carbocycles. The van der Waals surface area contributed by atoms with Gasteiger partial charge in [-0.3, -0.25) is 9.88 Å². The summed E-state index contributed by atoms with van der Waals surface area (Å²) < 4.78 is 11.2. The van der Waals surface area contributed by atoms with Gasteiger partial charge >= 0.3 is 5.97 Å². The average Bonchev–Trinajstić information content (AvgIpc) is 3.19. The van der Waals surface area contributed by atoms with Crippen LogP contribution in [0.3, 0.4) is 0 Å². The van der Waals surface area contributed by atoms with Crippen LogP contribution < -0.4 is 0 Å². The van der Waals surface area contributed by atoms with Crippen LogP contribution in [0.1, 0.15) is 55.6 Å². The number of fused-ring (bicyclic) bond motifs is 1. The largest absolute Gasteiger partial charge is 0.466 e. The first-order valence-corrected chi connectivity index (χ1v) is 14.7. The second-order valence-electron chi connectivity index (χ2n) is 10.3. The second-order valence-corrected chi connectivity index (χ2v) is 15.1. The molecule has 1 atom stereocenters. The number of benzene rings is 1. The lowest BCUT2D eigenvalue weighted by Gasteiger charge is -2.37. The Labute approximate surface area is 200 Å². The molecule has 0 amide bonds. The summed E-state index contributed by atoms with van der Waals surface area (Å²) in [6, 6.07) is 12.9. The molecule has 33 heavy (non-hydrogen) atoms. The molecule has 0 aliphatic heterocycles. The molecule has 0 fully saturated rings. The van der Waals surface area contributed by atoms with Crippen LogP contribution in [0, 0.1) is 0 Å². The molecule has 1 aliphatic rings. The molecule has 3 rings (SSSR count). The maximum absolute atomic E-state index is 11.4. The van der Waals surface area contributed by atoms with Crippen molar-refractivity contribution < 1.29 is 14.0 Å². The van der Waals surface area contributed by atoms with E-state index in [4.69, 9.17) is 9.16 Å². The Kier molecular flexibility index (Phi) is 8.27. The van der Waals surface area contributed by atoms with E-state index in [1.807, 2.05) is 18.3 Å². The van der Waals surface area contributed by atoms with Crippen LogP contribution in [0.2, 0.25) is 18.1 Å². The van der Waals surface area contributed by atoms with E-state index in [0.29, 0.717) is 6.04 Å². The highest BCUT2D eigenvalue weighted by Gasteiger charge is 2.37. The van der Waals surface area contributed by atoms with Gasteiger partial charge in [0.1, 0.15) is 0 Å². The van der Waals surface area contributed by atoms with Crippen molar-refractivity contribution in [3.63, 3.8) is 0 Å². The number of methoxy groups -OCH3 is 1. The Bertz CT molecular complexity index is 967. The zero-order chi connectivity index (χ0) is 24.1. The number of aryl methyl sites for hydroxylation is 1. The summed E-state index contributed by atoms with van der Waals surface area (Å²) in [5, 5.41) is 0.201. The number of aromatic nitrogens is 1. The first-order chi connectivity index (χ1) is 15.6. The molecule has 1 unspecified atom stereocenters. The number of carbonyl (C=O) groups is 1. The quantitative estimate of drug-likeness (QED) is 0.266. The lowest BCUT2D eigenvalue weighted by atomic mass is 10.0. The van der Waals surface area contributed by atoms with Gasteiger partial charge in [-0.2, -0.15) is 0 Å². The van der Waals surface area contributed by atoms with Crippen LogP contribution >= 0.6 is 0 Å². The van der Waals surface area contributed by atoms with Crippen LogP contribution in [0.25, 0.3) is 6.08 Å². The number of carbonyl (C=O) groups excluding carboxylic acids is 1. The molecule has 6 heteroatoms. The SMILES string of the molecule is COC(=O)C=Cc1ccc2c(c1)CCC2N(CCO[Si](C)(C)C(C)(C)C)Cc1ccccn1. The standard InChI is InChI=1S/C27H38N2O3Si/c1-27(2,3)33(5,6)32-18-17-29(20-23-9-7-8-16-28-23)25-14-12-22-19-21(10-13-24(22)25)11-15-26(30)31-4/h7-11,13,15-16,19,25H,12,14,17-18,20H2,1-6H3. The van der Waals surface area contributed by atoms with Crippen LogP contribution in [0.15, 0.2) is 48.7 Å². The van der Waals surface area contributed by atoms with Crippen molar-refractivity contribution in [2.75, 3.05) is 20.3 Å². The predicted molar refractivity (Wildman–Crippen MR) is 136 cm³/mol. The Hall–Kier alpha value is -2.28. The van der Waals surface area contributed by atoms with Gasteiger partial charge < -0.3 is 9.16 Å². The zero-order valence-electron chi connectivity index (χ0n) is 20.9. The summed E-state index contributed by atoms with van der Waals surface area (Å²) in [5.74, 6) is -0.336. The molecular formula is C27H38N2O3Si. The third-order valence-corrected chi connectivity index (χ3v) is 11.5. The average molecular weight is 467 g/mol. The van der Waals surface area contributed by atoms with Crippen LogP contribution in [0.4, 0.5) is 0 Å². The van der Waals surface area contributed by atoms with Crippen LogP contribution in [-0.4, -0.2) is 44.4 Å². The molecule has 1 heterocycles. The van der Waals surface area contributed by atoms with Crippen molar-refractivity contribution in [3.05, 3.63) is 71.1 Å². The number of esters is 1. The van der Waals surface area contributed by atoms with E-state index in [-0.39, 0.29) is 11.0 Å². The lowest BCUT2D eigenvalue weighted by Crippen LogP contribution is -2.43. The zero-order valence-corrected chi connectivity index (χ0v) is 21.9. The highest BCUT2D eigenvalue weighted by molar-refractivity contribution is 6.74. The van der Waals surface area contributed by atoms with E-state index < -0.39 is 8.32 Å². The molecule has 0 spiro atoms. The van der Waals surface area contributed by atoms with Gasteiger partial charge in [0.2, 0.25) is 0 Å². The molecular weight excluding hydrogens is 428 g/mol. The van der Waals surface area contributed by atoms with Crippen LogP contribution in [0.5, 0.6) is 0 Å². The molecule has 5 nitrogen and oxygen atoms in total. The highest BCUT2D eigenvalue weighted by Crippen LogP contribution is 2.38. The number of hydrogen-bond donors (Lipinski definition) is 0. The van der Waals surface area contributed by atoms with Gasteiger partial charge in [-0.15, -0.1) is 0 Å². The Morgan fingerprint density at radius 2 is 2.03 bits per heavy atom. The first-order valence-electron chi connectivity index (χ1n) is 11.8. The van der Waals surface area contributed by atoms with Crippen molar-refractivity contribution in [3.8, 4) is 0 Å². The van der Waals surface area contributed by atoms with Gasteiger partial charge in [0.25, 0.3) is 0 Å². The third-order valence-electron chi connectivity index (χ3n) is 7.01. The minimum atomic E-state index is -1.79. The Morgan fingerprint density at radius 3 is 2.70 bits per heavy atom. The van der Waals surface area contributed by atoms with Gasteiger partial charge in [0, 0.05) is 38.0 Å². The fourth-order valence-electron chi connectivity index (χ4n) is 4.01. The lowest BCUT2D eigenvalue weighted by molar-refractivity contribution is -0.134. The van der Waals surface area contributed by atoms with Crippen molar-refractivity contribution in [2.24, 2.45) is 0 Å². The van der Waals surface area contributed by atoms with E-state index in [0.717, 1.165) is 43.8 Å². The van der Waals surface area contributed by atoms with E-state index >= 15 is 0 Å². The van der Waals surface area contributed by atoms with Crippen molar-refractivity contribution in [1.29, 1.82) is 0 Å². The summed E-state index contributed by atoms with van der Waals surface area (Å²) >= 11 is 0. The summed E-state index contributed by atoms with van der Waals surface area (Å²) in [7, 11) is -0.398. The highest BCUT2D eigenvalue weighted by atomic mass is 28.4. The van der Waals surface area contributed by atoms with Crippen molar-refractivity contribution >= 4 is 20.4 Å². The Morgan fingerprint density at radius 1 is 1.24 bits per heavy atom. The second kappa shape index (κ2) is 10.8. The van der Waals surface area contributed by atoms with Crippen molar-refractivity contribution in [1.82, 2.24) is 9.88 Å². The number of rotatable bonds is 9. The van der Waals surface area contributed by atoms with E-state index in [9.17, 15) is 4.79 Å². The summed E-state index contributed by atoms with van der Waals surface area (Å²) in [6.07, 6.45) is 7.26. The Balaban J connectivity index is 1.77. The summed E-state index contributed by atoms with van der Waals surface area (Å²) in [4.78, 5) is 18.5. The van der Waals surface area contributed by atoms with Crippen molar-refractivity contribution in [2.45, 2.75) is 64.3 Å². The van der Waals surface area contributed by atoms with Crippen LogP contribution in [-0.2, 0) is 26.9 Å². The van der Waals surface area contributed by atoms with E-state index in [1.165, 1.54) is 24.3 Å². The molecule has 0 bridgehead atoms. The predicted octanol–water partition coefficient (Wildman–Crippen LogP) is 5.78. The summed E-state index contributed by atoms with van der Waals surface area (Å²) in [5.41, 5.74) is 4.82. The van der Waals surface area contributed by atoms with E-state index in [1.54, 1.807) is 0 Å².